The number of benzene rings is 2. The first kappa shape index (κ1) is 20.1. The molecule has 28 heavy (non-hydrogen) atoms. The largest absolute Gasteiger partial charge is 0.467 e. The molecule has 3 rings (SSSR count). The summed E-state index contributed by atoms with van der Waals surface area (Å²) >= 11 is 1.56. The van der Waals surface area contributed by atoms with Gasteiger partial charge in [-0.15, -0.1) is 11.8 Å². The Bertz CT molecular complexity index is 890. The fourth-order valence-corrected chi connectivity index (χ4v) is 3.68. The molecule has 1 aliphatic heterocycles. The molecule has 1 amide bonds. The zero-order valence-corrected chi connectivity index (χ0v) is 16.5. The molecule has 0 aromatic heterocycles. The second-order valence-corrected chi connectivity index (χ2v) is 7.37. The number of likely N-dealkylation sites (N-methyl/N-ethyl adjacent to an activating group) is 1. The van der Waals surface area contributed by atoms with Gasteiger partial charge in [0, 0.05) is 22.6 Å². The van der Waals surface area contributed by atoms with Crippen molar-refractivity contribution in [2.75, 3.05) is 32.0 Å². The molecule has 1 atom stereocenters. The van der Waals surface area contributed by atoms with Crippen molar-refractivity contribution in [1.82, 2.24) is 0 Å². The summed E-state index contributed by atoms with van der Waals surface area (Å²) in [6.07, 6.45) is 1.96. The zero-order chi connectivity index (χ0) is 20.1. The molecular formula is C19H22N3O5S+. The number of nitro groups is 1. The number of nitrogens with one attached hydrogen (secondary N) is 2. The summed E-state index contributed by atoms with van der Waals surface area (Å²) in [6, 6.07) is 10.6. The fraction of sp³-hybridized carbons (Fsp3) is 0.316. The molecule has 2 N–H and O–H groups in total. The van der Waals surface area contributed by atoms with Gasteiger partial charge < -0.3 is 19.7 Å². The number of ether oxygens (including phenoxy) is 2. The molecule has 0 saturated carbocycles. The second-order valence-electron chi connectivity index (χ2n) is 6.52. The van der Waals surface area contributed by atoms with E-state index in [-0.39, 0.29) is 31.5 Å². The van der Waals surface area contributed by atoms with Gasteiger partial charge >= 0.3 is 0 Å². The summed E-state index contributed by atoms with van der Waals surface area (Å²) in [6.45, 7) is 1.02. The van der Waals surface area contributed by atoms with Crippen LogP contribution in [0.5, 0.6) is 5.75 Å². The van der Waals surface area contributed by atoms with Crippen molar-refractivity contribution in [2.45, 2.75) is 18.0 Å². The maximum atomic E-state index is 12.4. The van der Waals surface area contributed by atoms with E-state index in [9.17, 15) is 14.9 Å². The molecule has 9 heteroatoms. The van der Waals surface area contributed by atoms with Crippen LogP contribution in [0.3, 0.4) is 0 Å². The molecule has 1 aliphatic rings. The summed E-state index contributed by atoms with van der Waals surface area (Å²) in [4.78, 5) is 25.1. The van der Waals surface area contributed by atoms with Gasteiger partial charge in [0.25, 0.3) is 11.6 Å². The molecule has 0 spiro atoms. The van der Waals surface area contributed by atoms with E-state index < -0.39 is 4.92 Å². The van der Waals surface area contributed by atoms with E-state index in [0.29, 0.717) is 23.4 Å². The van der Waals surface area contributed by atoms with E-state index in [2.05, 4.69) is 5.32 Å². The highest BCUT2D eigenvalue weighted by Crippen LogP contribution is 2.32. The Morgan fingerprint density at radius 2 is 2.14 bits per heavy atom. The normalized spacial score (nSPS) is 13.9. The molecule has 0 saturated heterocycles. The predicted molar refractivity (Wildman–Crippen MR) is 106 cm³/mol. The lowest BCUT2D eigenvalue weighted by Crippen LogP contribution is -3.08. The topological polar surface area (TPSA) is 95.1 Å². The van der Waals surface area contributed by atoms with E-state index >= 15 is 0 Å². The number of thioether (sulfide) groups is 1. The Kier molecular flexibility index (Phi) is 6.50. The molecular weight excluding hydrogens is 382 g/mol. The Hall–Kier alpha value is -2.62. The maximum Gasteiger partial charge on any atom is 0.279 e. The van der Waals surface area contributed by atoms with E-state index in [1.54, 1.807) is 11.8 Å². The van der Waals surface area contributed by atoms with Crippen molar-refractivity contribution in [3.8, 4) is 5.75 Å². The lowest BCUT2D eigenvalue weighted by molar-refractivity contribution is -0.885. The minimum absolute atomic E-state index is 0.00556. The van der Waals surface area contributed by atoms with Crippen LogP contribution < -0.4 is 15.0 Å². The monoisotopic (exact) mass is 404 g/mol. The lowest BCUT2D eigenvalue weighted by Gasteiger charge is -2.22. The van der Waals surface area contributed by atoms with Crippen LogP contribution in [0.25, 0.3) is 0 Å². The van der Waals surface area contributed by atoms with Gasteiger partial charge in [-0.3, -0.25) is 14.9 Å². The maximum absolute atomic E-state index is 12.4. The SMILES string of the molecule is CSc1ccccc1NC(=O)C[NH+](C)Cc1cc([N+](=O)[O-])cc2c1OCOC2. The third-order valence-corrected chi connectivity index (χ3v) is 5.11. The van der Waals surface area contributed by atoms with E-state index in [1.807, 2.05) is 37.6 Å². The smallest absolute Gasteiger partial charge is 0.279 e. The summed E-state index contributed by atoms with van der Waals surface area (Å²) in [5.74, 6) is 0.492. The number of nitro benzene ring substituents is 1. The first-order valence-electron chi connectivity index (χ1n) is 8.73. The Morgan fingerprint density at radius 1 is 1.36 bits per heavy atom. The van der Waals surface area contributed by atoms with Crippen LogP contribution in [0, 0.1) is 10.1 Å². The molecule has 0 bridgehead atoms. The van der Waals surface area contributed by atoms with E-state index in [4.69, 9.17) is 9.47 Å². The number of hydrogen-bond donors (Lipinski definition) is 2. The average molecular weight is 404 g/mol. The zero-order valence-electron chi connectivity index (χ0n) is 15.7. The third kappa shape index (κ3) is 4.80. The van der Waals surface area contributed by atoms with Gasteiger partial charge in [0.2, 0.25) is 0 Å². The van der Waals surface area contributed by atoms with Crippen LogP contribution >= 0.6 is 11.8 Å². The van der Waals surface area contributed by atoms with Gasteiger partial charge in [-0.05, 0) is 18.4 Å². The number of para-hydroxylation sites is 1. The van der Waals surface area contributed by atoms with Gasteiger partial charge in [-0.25, -0.2) is 0 Å². The number of nitrogens with zero attached hydrogens (tertiary/aromatic N) is 1. The molecule has 1 heterocycles. The van der Waals surface area contributed by atoms with E-state index in [0.717, 1.165) is 15.5 Å². The number of quaternary nitrogens is 1. The number of fused-ring (bicyclic) bond motifs is 1. The van der Waals surface area contributed by atoms with Gasteiger partial charge in [0.15, 0.2) is 13.3 Å². The molecule has 0 fully saturated rings. The van der Waals surface area contributed by atoms with Crippen LogP contribution in [-0.4, -0.2) is 37.5 Å². The van der Waals surface area contributed by atoms with Gasteiger partial charge in [-0.2, -0.15) is 0 Å². The molecule has 1 unspecified atom stereocenters. The van der Waals surface area contributed by atoms with Gasteiger partial charge in [0.1, 0.15) is 12.3 Å². The number of amides is 1. The quantitative estimate of drug-likeness (QED) is 0.415. The fourth-order valence-electron chi connectivity index (χ4n) is 3.12. The molecule has 2 aromatic rings. The van der Waals surface area contributed by atoms with Crippen molar-refractivity contribution in [1.29, 1.82) is 0 Å². The van der Waals surface area contributed by atoms with Crippen molar-refractivity contribution < 1.29 is 24.1 Å². The highest BCUT2D eigenvalue weighted by atomic mass is 32.2. The standard InChI is InChI=1S/C19H21N3O5S/c1-21(10-18(23)20-16-5-3-4-6-17(16)28-2)9-13-7-15(22(24)25)8-14-11-26-12-27-19(13)14/h3-8H,9-12H2,1-2H3,(H,20,23)/p+1. The van der Waals surface area contributed by atoms with Crippen molar-refractivity contribution in [3.05, 3.63) is 57.6 Å². The molecule has 8 nitrogen and oxygen atoms in total. The Morgan fingerprint density at radius 3 is 2.89 bits per heavy atom. The van der Waals surface area contributed by atoms with Crippen molar-refractivity contribution in [2.24, 2.45) is 0 Å². The van der Waals surface area contributed by atoms with Crippen LogP contribution in [-0.2, 0) is 22.7 Å². The first-order valence-corrected chi connectivity index (χ1v) is 9.95. The summed E-state index contributed by atoms with van der Waals surface area (Å²) in [5, 5.41) is 14.1. The summed E-state index contributed by atoms with van der Waals surface area (Å²) in [7, 11) is 1.87. The van der Waals surface area contributed by atoms with Gasteiger partial charge in [-0.1, -0.05) is 12.1 Å². The highest BCUT2D eigenvalue weighted by molar-refractivity contribution is 7.98. The Balaban J connectivity index is 1.70. The summed E-state index contributed by atoms with van der Waals surface area (Å²) in [5.41, 5.74) is 2.12. The minimum atomic E-state index is -0.431. The average Bonchev–Trinajstić information content (AvgIpc) is 2.68. The Labute approximate surface area is 167 Å². The van der Waals surface area contributed by atoms with Crippen molar-refractivity contribution >= 4 is 29.0 Å². The molecule has 148 valence electrons. The minimum Gasteiger partial charge on any atom is -0.467 e. The second kappa shape index (κ2) is 9.05. The first-order chi connectivity index (χ1) is 13.5. The highest BCUT2D eigenvalue weighted by Gasteiger charge is 2.23. The summed E-state index contributed by atoms with van der Waals surface area (Å²) < 4.78 is 10.8. The van der Waals surface area contributed by atoms with Crippen LogP contribution in [0.1, 0.15) is 11.1 Å². The van der Waals surface area contributed by atoms with Gasteiger partial charge in [0.05, 0.1) is 29.8 Å². The number of carbonyl (C=O) groups is 1. The van der Waals surface area contributed by atoms with Crippen LogP contribution in [0.4, 0.5) is 11.4 Å². The van der Waals surface area contributed by atoms with Crippen LogP contribution in [0.2, 0.25) is 0 Å². The van der Waals surface area contributed by atoms with Crippen molar-refractivity contribution in [3.63, 3.8) is 0 Å². The number of hydrogen-bond acceptors (Lipinski definition) is 6. The number of carbonyl (C=O) groups excluding carboxylic acids is 1. The lowest BCUT2D eigenvalue weighted by atomic mass is 10.1. The number of rotatable bonds is 7. The molecule has 2 aromatic carbocycles. The predicted octanol–water partition coefficient (Wildman–Crippen LogP) is 1.84. The van der Waals surface area contributed by atoms with E-state index in [1.165, 1.54) is 12.1 Å². The number of non-ortho nitro benzene ring substituents is 1. The van der Waals surface area contributed by atoms with Crippen LogP contribution in [0.15, 0.2) is 41.3 Å². The molecule has 0 aliphatic carbocycles. The third-order valence-electron chi connectivity index (χ3n) is 4.32. The molecule has 0 radical (unpaired) electrons. The number of anilines is 1.